The van der Waals surface area contributed by atoms with E-state index >= 15 is 0 Å². The molecule has 0 aliphatic heterocycles. The number of rotatable bonds is 5. The minimum Gasteiger partial charge on any atom is -0.392 e. The maximum Gasteiger partial charge on any atom is 0.195 e. The lowest BCUT2D eigenvalue weighted by molar-refractivity contribution is 0.123. The van der Waals surface area contributed by atoms with Gasteiger partial charge >= 0.3 is 0 Å². The van der Waals surface area contributed by atoms with E-state index < -0.39 is 0 Å². The Balaban J connectivity index is 1.99. The quantitative estimate of drug-likeness (QED) is 0.878. The van der Waals surface area contributed by atoms with Crippen LogP contribution in [0.15, 0.2) is 11.6 Å². The Kier molecular flexibility index (Phi) is 4.04. The molecule has 2 rings (SSSR count). The molecule has 0 aliphatic rings. The normalized spacial score (nSPS) is 13.7. The Morgan fingerprint density at radius 1 is 1.59 bits per heavy atom. The van der Waals surface area contributed by atoms with E-state index in [9.17, 15) is 5.11 Å². The molecule has 0 spiro atoms. The zero-order chi connectivity index (χ0) is 12.4. The van der Waals surface area contributed by atoms with Gasteiger partial charge in [0.2, 0.25) is 0 Å². The van der Waals surface area contributed by atoms with Crippen LogP contribution in [0.25, 0.3) is 4.96 Å². The van der Waals surface area contributed by atoms with E-state index in [1.54, 1.807) is 11.3 Å². The van der Waals surface area contributed by atoms with Crippen LogP contribution in [0, 0.1) is 5.92 Å². The first-order valence-electron chi connectivity index (χ1n) is 5.58. The molecule has 0 aromatic carbocycles. The van der Waals surface area contributed by atoms with Crippen molar-refractivity contribution in [1.82, 2.24) is 14.7 Å². The van der Waals surface area contributed by atoms with E-state index in [4.69, 9.17) is 11.6 Å². The first-order valence-corrected chi connectivity index (χ1v) is 6.84. The molecule has 2 heterocycles. The second-order valence-corrected chi connectivity index (χ2v) is 5.58. The van der Waals surface area contributed by atoms with Gasteiger partial charge in [-0.1, -0.05) is 25.4 Å². The number of hydrogen-bond donors (Lipinski definition) is 2. The highest BCUT2D eigenvalue weighted by Gasteiger charge is 2.12. The maximum absolute atomic E-state index is 9.68. The van der Waals surface area contributed by atoms with Crippen LogP contribution < -0.4 is 5.32 Å². The van der Waals surface area contributed by atoms with Crippen LogP contribution in [0.3, 0.4) is 0 Å². The third kappa shape index (κ3) is 2.80. The van der Waals surface area contributed by atoms with E-state index in [0.717, 1.165) is 10.7 Å². The third-order valence-corrected chi connectivity index (χ3v) is 3.79. The molecule has 0 aliphatic carbocycles. The van der Waals surface area contributed by atoms with Gasteiger partial charge in [-0.15, -0.1) is 11.3 Å². The van der Waals surface area contributed by atoms with Gasteiger partial charge in [0, 0.05) is 24.7 Å². The van der Waals surface area contributed by atoms with Crippen molar-refractivity contribution in [3.05, 3.63) is 22.4 Å². The van der Waals surface area contributed by atoms with E-state index in [2.05, 4.69) is 10.3 Å². The summed E-state index contributed by atoms with van der Waals surface area (Å²) in [5.41, 5.74) is 0.943. The van der Waals surface area contributed by atoms with E-state index in [0.29, 0.717) is 18.2 Å². The van der Waals surface area contributed by atoms with Crippen molar-refractivity contribution in [2.45, 2.75) is 26.5 Å². The van der Waals surface area contributed by atoms with Crippen molar-refractivity contribution in [3.8, 4) is 0 Å². The van der Waals surface area contributed by atoms with E-state index in [1.807, 2.05) is 29.8 Å². The molecule has 1 unspecified atom stereocenters. The molecule has 2 N–H and O–H groups in total. The Labute approximate surface area is 109 Å². The van der Waals surface area contributed by atoms with Crippen molar-refractivity contribution in [2.75, 3.05) is 6.54 Å². The second kappa shape index (κ2) is 5.35. The smallest absolute Gasteiger partial charge is 0.195 e. The summed E-state index contributed by atoms with van der Waals surface area (Å²) in [5.74, 6) is 0.254. The molecule has 0 saturated carbocycles. The Bertz CT molecular complexity index is 494. The predicted octanol–water partition coefficient (Wildman–Crippen LogP) is 2.16. The van der Waals surface area contributed by atoms with Crippen molar-refractivity contribution < 1.29 is 5.11 Å². The molecule has 94 valence electrons. The number of nitrogens with one attached hydrogen (secondary N) is 1. The lowest BCUT2D eigenvalue weighted by Gasteiger charge is -2.14. The van der Waals surface area contributed by atoms with Crippen molar-refractivity contribution >= 4 is 27.9 Å². The van der Waals surface area contributed by atoms with Crippen molar-refractivity contribution in [2.24, 2.45) is 5.92 Å². The van der Waals surface area contributed by atoms with Gasteiger partial charge in [0.05, 0.1) is 11.8 Å². The largest absolute Gasteiger partial charge is 0.392 e. The molecule has 0 fully saturated rings. The molecule has 17 heavy (non-hydrogen) atoms. The van der Waals surface area contributed by atoms with Gasteiger partial charge in [0.1, 0.15) is 0 Å². The molecule has 2 aromatic rings. The number of hydrogen-bond acceptors (Lipinski definition) is 4. The molecule has 0 saturated heterocycles. The molecule has 0 radical (unpaired) electrons. The molecule has 1 atom stereocenters. The fraction of sp³-hybridized carbons (Fsp3) is 0.545. The van der Waals surface area contributed by atoms with Gasteiger partial charge < -0.3 is 10.4 Å². The van der Waals surface area contributed by atoms with Crippen LogP contribution in [0.1, 0.15) is 19.5 Å². The van der Waals surface area contributed by atoms with Gasteiger partial charge in [0.15, 0.2) is 10.1 Å². The lowest BCUT2D eigenvalue weighted by Crippen LogP contribution is -2.30. The third-order valence-electron chi connectivity index (χ3n) is 2.73. The number of halogens is 1. The lowest BCUT2D eigenvalue weighted by atomic mass is 10.1. The highest BCUT2D eigenvalue weighted by atomic mass is 35.5. The van der Waals surface area contributed by atoms with E-state index in [1.165, 1.54) is 0 Å². The van der Waals surface area contributed by atoms with Gasteiger partial charge in [0.25, 0.3) is 0 Å². The van der Waals surface area contributed by atoms with Crippen LogP contribution in [0.4, 0.5) is 0 Å². The highest BCUT2D eigenvalue weighted by molar-refractivity contribution is 7.15. The maximum atomic E-state index is 9.68. The number of thiazole rings is 1. The van der Waals surface area contributed by atoms with Gasteiger partial charge in [-0.2, -0.15) is 0 Å². The van der Waals surface area contributed by atoms with Gasteiger partial charge in [-0.3, -0.25) is 4.40 Å². The highest BCUT2D eigenvalue weighted by Crippen LogP contribution is 2.20. The molecule has 6 heteroatoms. The van der Waals surface area contributed by atoms with Crippen LogP contribution in [-0.4, -0.2) is 27.1 Å². The van der Waals surface area contributed by atoms with Gasteiger partial charge in [-0.05, 0) is 5.92 Å². The molecule has 2 aromatic heterocycles. The molecule has 0 amide bonds. The first-order chi connectivity index (χ1) is 8.09. The fourth-order valence-electron chi connectivity index (χ4n) is 1.54. The fourth-order valence-corrected chi connectivity index (χ4v) is 2.56. The Morgan fingerprint density at radius 2 is 2.35 bits per heavy atom. The Hall–Kier alpha value is -0.620. The van der Waals surface area contributed by atoms with Crippen LogP contribution in [-0.2, 0) is 6.54 Å². The number of aromatic nitrogens is 2. The van der Waals surface area contributed by atoms with Crippen LogP contribution in [0.5, 0.6) is 0 Å². The number of aliphatic hydroxyl groups excluding tert-OH is 1. The summed E-state index contributed by atoms with van der Waals surface area (Å²) < 4.78 is 1.97. The minimum absolute atomic E-state index is 0.254. The summed E-state index contributed by atoms with van der Waals surface area (Å²) in [6.07, 6.45) is 1.62. The first kappa shape index (κ1) is 12.8. The number of aliphatic hydroxyl groups is 1. The summed E-state index contributed by atoms with van der Waals surface area (Å²) in [6, 6.07) is 0. The van der Waals surface area contributed by atoms with Crippen LogP contribution >= 0.6 is 22.9 Å². The summed E-state index contributed by atoms with van der Waals surface area (Å²) in [7, 11) is 0. The minimum atomic E-state index is -0.334. The number of nitrogens with zero attached hydrogens (tertiary/aromatic N) is 2. The van der Waals surface area contributed by atoms with E-state index in [-0.39, 0.29) is 12.0 Å². The topological polar surface area (TPSA) is 49.6 Å². The second-order valence-electron chi connectivity index (χ2n) is 4.35. The molecular formula is C11H16ClN3OS. The van der Waals surface area contributed by atoms with Crippen molar-refractivity contribution in [3.63, 3.8) is 0 Å². The average Bonchev–Trinajstić information content (AvgIpc) is 2.80. The summed E-state index contributed by atoms with van der Waals surface area (Å²) >= 11 is 7.62. The Morgan fingerprint density at radius 3 is 3.06 bits per heavy atom. The monoisotopic (exact) mass is 273 g/mol. The summed E-state index contributed by atoms with van der Waals surface area (Å²) in [5, 5.41) is 15.4. The molecular weight excluding hydrogens is 258 g/mol. The zero-order valence-corrected chi connectivity index (χ0v) is 11.4. The van der Waals surface area contributed by atoms with Crippen molar-refractivity contribution in [1.29, 1.82) is 0 Å². The van der Waals surface area contributed by atoms with Crippen LogP contribution in [0.2, 0.25) is 5.15 Å². The molecule has 0 bridgehead atoms. The predicted molar refractivity (Wildman–Crippen MR) is 70.6 cm³/mol. The molecule has 4 nitrogen and oxygen atoms in total. The number of fused-ring (bicyclic) bond motifs is 1. The number of imidazole rings is 1. The van der Waals surface area contributed by atoms with Gasteiger partial charge in [-0.25, -0.2) is 4.98 Å². The summed E-state index contributed by atoms with van der Waals surface area (Å²) in [6.45, 7) is 5.16. The SMILES string of the molecule is CC(C)C(O)CNCc1c(Cl)nc2sccn12. The summed E-state index contributed by atoms with van der Waals surface area (Å²) in [4.78, 5) is 5.15. The standard InChI is InChI=1S/C11H16ClN3OS/c1-7(2)9(16)6-13-5-8-10(12)14-11-15(8)3-4-17-11/h3-4,7,9,13,16H,5-6H2,1-2H3. The average molecular weight is 274 g/mol. The zero-order valence-electron chi connectivity index (χ0n) is 9.85.